The molecule has 0 spiro atoms. The molecule has 0 radical (unpaired) electrons. The fourth-order valence-corrected chi connectivity index (χ4v) is 2.15. The second kappa shape index (κ2) is 5.82. The largest absolute Gasteiger partial charge is 0.416 e. The third kappa shape index (κ3) is 3.72. The van der Waals surface area contributed by atoms with Crippen LogP contribution < -0.4 is 5.32 Å². The van der Waals surface area contributed by atoms with Crippen LogP contribution in [-0.2, 0) is 6.18 Å². The van der Waals surface area contributed by atoms with Gasteiger partial charge in [-0.15, -0.1) is 0 Å². The van der Waals surface area contributed by atoms with E-state index in [0.29, 0.717) is 5.69 Å². The highest BCUT2D eigenvalue weighted by molar-refractivity contribution is 14.1. The van der Waals surface area contributed by atoms with E-state index >= 15 is 0 Å². The molecule has 0 aromatic heterocycles. The lowest BCUT2D eigenvalue weighted by atomic mass is 10.1. The molecule has 0 aliphatic heterocycles. The minimum atomic E-state index is -4.46. The lowest BCUT2D eigenvalue weighted by Crippen LogP contribution is -2.13. The molecule has 0 aliphatic rings. The third-order valence-corrected chi connectivity index (χ3v) is 3.21. The van der Waals surface area contributed by atoms with Crippen molar-refractivity contribution in [1.29, 1.82) is 0 Å². The minimum Gasteiger partial charge on any atom is -0.322 e. The summed E-state index contributed by atoms with van der Waals surface area (Å²) in [4.78, 5) is 11.9. The molecule has 2 aromatic rings. The minimum absolute atomic E-state index is 0.0290. The Balaban J connectivity index is 2.22. The first-order chi connectivity index (χ1) is 9.36. The van der Waals surface area contributed by atoms with Crippen LogP contribution in [0.25, 0.3) is 0 Å². The fraction of sp³-hybridized carbons (Fsp3) is 0.0714. The highest BCUT2D eigenvalue weighted by atomic mass is 127. The zero-order valence-electron chi connectivity index (χ0n) is 10.0. The Hall–Kier alpha value is -1.57. The summed E-state index contributed by atoms with van der Waals surface area (Å²) in [5.74, 6) is -0.571. The van der Waals surface area contributed by atoms with Gasteiger partial charge in [-0.2, -0.15) is 13.2 Å². The van der Waals surface area contributed by atoms with Gasteiger partial charge in [0.15, 0.2) is 0 Å². The molecule has 0 fully saturated rings. The Labute approximate surface area is 127 Å². The highest BCUT2D eigenvalue weighted by Gasteiger charge is 2.30. The Morgan fingerprint density at radius 2 is 1.75 bits per heavy atom. The van der Waals surface area contributed by atoms with Crippen molar-refractivity contribution in [3.63, 3.8) is 0 Å². The third-order valence-electron chi connectivity index (χ3n) is 2.53. The van der Waals surface area contributed by atoms with Crippen molar-refractivity contribution in [2.75, 3.05) is 5.32 Å². The molecule has 2 nitrogen and oxygen atoms in total. The first-order valence-corrected chi connectivity index (χ1v) is 6.68. The standard InChI is InChI=1S/C14H9F3INO/c15-14(16,17)10-4-1-3-9(7-10)13(20)19-12-6-2-5-11(18)8-12/h1-8H,(H,19,20). The summed E-state index contributed by atoms with van der Waals surface area (Å²) < 4.78 is 38.7. The van der Waals surface area contributed by atoms with Crippen LogP contribution >= 0.6 is 22.6 Å². The van der Waals surface area contributed by atoms with E-state index in [-0.39, 0.29) is 5.56 Å². The van der Waals surface area contributed by atoms with Gasteiger partial charge in [0.1, 0.15) is 0 Å². The molecule has 1 N–H and O–H groups in total. The monoisotopic (exact) mass is 391 g/mol. The van der Waals surface area contributed by atoms with Crippen molar-refractivity contribution < 1.29 is 18.0 Å². The van der Waals surface area contributed by atoms with Crippen LogP contribution in [0.2, 0.25) is 0 Å². The van der Waals surface area contributed by atoms with Crippen LogP contribution in [0.5, 0.6) is 0 Å². The molecule has 0 saturated heterocycles. The van der Waals surface area contributed by atoms with E-state index in [9.17, 15) is 18.0 Å². The van der Waals surface area contributed by atoms with Gasteiger partial charge in [0.2, 0.25) is 0 Å². The maximum atomic E-state index is 12.6. The van der Waals surface area contributed by atoms with Crippen LogP contribution in [0.4, 0.5) is 18.9 Å². The fourth-order valence-electron chi connectivity index (χ4n) is 1.61. The van der Waals surface area contributed by atoms with Gasteiger partial charge in [-0.25, -0.2) is 0 Å². The van der Waals surface area contributed by atoms with Gasteiger partial charge < -0.3 is 5.32 Å². The van der Waals surface area contributed by atoms with E-state index in [2.05, 4.69) is 27.9 Å². The van der Waals surface area contributed by atoms with E-state index < -0.39 is 17.6 Å². The van der Waals surface area contributed by atoms with E-state index in [1.165, 1.54) is 12.1 Å². The van der Waals surface area contributed by atoms with Crippen LogP contribution in [0.15, 0.2) is 48.5 Å². The summed E-state index contributed by atoms with van der Waals surface area (Å²) in [5.41, 5.74) is -0.328. The average molecular weight is 391 g/mol. The number of halogens is 4. The Bertz CT molecular complexity index is 640. The molecule has 0 saturated carbocycles. The summed E-state index contributed by atoms with van der Waals surface area (Å²) in [5, 5.41) is 2.57. The molecule has 6 heteroatoms. The molecular formula is C14H9F3INO. The van der Waals surface area contributed by atoms with Gasteiger partial charge in [0.05, 0.1) is 5.56 Å². The quantitative estimate of drug-likeness (QED) is 0.748. The molecule has 2 aromatic carbocycles. The molecule has 1 amide bonds. The highest BCUT2D eigenvalue weighted by Crippen LogP contribution is 2.29. The maximum Gasteiger partial charge on any atom is 0.416 e. The Kier molecular flexibility index (Phi) is 4.32. The molecule has 2 rings (SSSR count). The van der Waals surface area contributed by atoms with Gasteiger partial charge in [-0.05, 0) is 59.0 Å². The predicted octanol–water partition coefficient (Wildman–Crippen LogP) is 4.56. The number of hydrogen-bond donors (Lipinski definition) is 1. The number of carbonyl (C=O) groups is 1. The number of rotatable bonds is 2. The Morgan fingerprint density at radius 1 is 1.05 bits per heavy atom. The number of alkyl halides is 3. The van der Waals surface area contributed by atoms with Crippen LogP contribution in [0.3, 0.4) is 0 Å². The summed E-state index contributed by atoms with van der Waals surface area (Å²) in [7, 11) is 0. The molecule has 20 heavy (non-hydrogen) atoms. The smallest absolute Gasteiger partial charge is 0.322 e. The van der Waals surface area contributed by atoms with E-state index in [4.69, 9.17) is 0 Å². The van der Waals surface area contributed by atoms with Crippen molar-refractivity contribution in [3.05, 3.63) is 63.2 Å². The molecule has 0 heterocycles. The van der Waals surface area contributed by atoms with Gasteiger partial charge in [0.25, 0.3) is 5.91 Å². The zero-order valence-corrected chi connectivity index (χ0v) is 12.2. The lowest BCUT2D eigenvalue weighted by Gasteiger charge is -2.09. The van der Waals surface area contributed by atoms with Crippen molar-refractivity contribution in [1.82, 2.24) is 0 Å². The van der Waals surface area contributed by atoms with Crippen molar-refractivity contribution >= 4 is 34.2 Å². The molecule has 0 aliphatic carbocycles. The summed E-state index contributed by atoms with van der Waals surface area (Å²) in [6.07, 6.45) is -4.46. The van der Waals surface area contributed by atoms with Gasteiger partial charge in [-0.1, -0.05) is 12.1 Å². The number of carbonyl (C=O) groups excluding carboxylic acids is 1. The Morgan fingerprint density at radius 3 is 2.40 bits per heavy atom. The summed E-state index contributed by atoms with van der Waals surface area (Å²) in [6, 6.07) is 11.3. The van der Waals surface area contributed by atoms with Crippen molar-refractivity contribution in [2.45, 2.75) is 6.18 Å². The number of nitrogens with one attached hydrogen (secondary N) is 1. The molecule has 0 atom stereocenters. The molecule has 0 bridgehead atoms. The number of hydrogen-bond acceptors (Lipinski definition) is 1. The normalized spacial score (nSPS) is 11.2. The van der Waals surface area contributed by atoms with E-state index in [1.807, 2.05) is 6.07 Å². The topological polar surface area (TPSA) is 29.1 Å². The van der Waals surface area contributed by atoms with Gasteiger partial charge >= 0.3 is 6.18 Å². The first kappa shape index (κ1) is 14.8. The van der Waals surface area contributed by atoms with Crippen molar-refractivity contribution in [3.8, 4) is 0 Å². The van der Waals surface area contributed by atoms with Gasteiger partial charge in [0, 0.05) is 14.8 Å². The molecule has 0 unspecified atom stereocenters. The SMILES string of the molecule is O=C(Nc1cccc(I)c1)c1cccc(C(F)(F)F)c1. The predicted molar refractivity (Wildman–Crippen MR) is 78.6 cm³/mol. The average Bonchev–Trinajstić information content (AvgIpc) is 2.38. The number of anilines is 1. The lowest BCUT2D eigenvalue weighted by molar-refractivity contribution is -0.137. The summed E-state index contributed by atoms with van der Waals surface area (Å²) >= 11 is 2.08. The van der Waals surface area contributed by atoms with Crippen LogP contribution in [0.1, 0.15) is 15.9 Å². The molecular weight excluding hydrogens is 382 g/mol. The van der Waals surface area contributed by atoms with Crippen LogP contribution in [-0.4, -0.2) is 5.91 Å². The first-order valence-electron chi connectivity index (χ1n) is 5.60. The second-order valence-electron chi connectivity index (χ2n) is 4.04. The number of amides is 1. The zero-order chi connectivity index (χ0) is 14.8. The second-order valence-corrected chi connectivity index (χ2v) is 5.29. The van der Waals surface area contributed by atoms with E-state index in [1.54, 1.807) is 18.2 Å². The van der Waals surface area contributed by atoms with Crippen molar-refractivity contribution in [2.24, 2.45) is 0 Å². The maximum absolute atomic E-state index is 12.6. The van der Waals surface area contributed by atoms with E-state index in [0.717, 1.165) is 15.7 Å². The van der Waals surface area contributed by atoms with Gasteiger partial charge in [-0.3, -0.25) is 4.79 Å². The number of benzene rings is 2. The molecule has 104 valence electrons. The van der Waals surface area contributed by atoms with Crippen LogP contribution in [0, 0.1) is 3.57 Å². The summed E-state index contributed by atoms with van der Waals surface area (Å²) in [6.45, 7) is 0.